The van der Waals surface area contributed by atoms with Gasteiger partial charge in [-0.05, 0) is 42.3 Å². The van der Waals surface area contributed by atoms with Crippen LogP contribution in [-0.2, 0) is 11.3 Å². The first-order valence-electron chi connectivity index (χ1n) is 8.24. The van der Waals surface area contributed by atoms with Crippen LogP contribution in [-0.4, -0.2) is 13.0 Å². The van der Waals surface area contributed by atoms with E-state index in [2.05, 4.69) is 0 Å². The van der Waals surface area contributed by atoms with Crippen LogP contribution in [0.15, 0.2) is 65.2 Å². The van der Waals surface area contributed by atoms with Gasteiger partial charge in [-0.3, -0.25) is 4.79 Å². The van der Waals surface area contributed by atoms with Crippen LogP contribution in [0.5, 0.6) is 5.75 Å². The van der Waals surface area contributed by atoms with Gasteiger partial charge >= 0.3 is 0 Å². The molecule has 0 saturated carbocycles. The predicted octanol–water partition coefficient (Wildman–Crippen LogP) is 5.64. The second kappa shape index (κ2) is 7.98. The zero-order chi connectivity index (χ0) is 18.7. The largest absolute Gasteiger partial charge is 0.497 e. The number of para-hydroxylation sites is 1. The molecule has 0 spiro atoms. The van der Waals surface area contributed by atoms with Gasteiger partial charge in [0.15, 0.2) is 0 Å². The van der Waals surface area contributed by atoms with Crippen molar-refractivity contribution in [3.63, 3.8) is 0 Å². The summed E-state index contributed by atoms with van der Waals surface area (Å²) >= 11 is 12.5. The standard InChI is InChI=1S/C21H19Cl2NO2/c1-14-4-3-5-19(23)20(14)24(21(25)16-8-9-17(22)12-16)13-15-6-10-18(26-2)11-7-15/h3-11H,12-13H2,1-2H3. The van der Waals surface area contributed by atoms with Crippen molar-refractivity contribution in [2.24, 2.45) is 0 Å². The fraction of sp³-hybridized carbons (Fsp3) is 0.190. The van der Waals surface area contributed by atoms with Crippen molar-refractivity contribution in [1.82, 2.24) is 0 Å². The summed E-state index contributed by atoms with van der Waals surface area (Å²) in [5.74, 6) is 0.680. The maximum Gasteiger partial charge on any atom is 0.254 e. The van der Waals surface area contributed by atoms with Crippen molar-refractivity contribution in [2.75, 3.05) is 12.0 Å². The first kappa shape index (κ1) is 18.6. The number of amides is 1. The van der Waals surface area contributed by atoms with Gasteiger partial charge in [-0.1, -0.05) is 53.5 Å². The van der Waals surface area contributed by atoms with Crippen LogP contribution in [0.1, 0.15) is 17.5 Å². The molecule has 1 aliphatic carbocycles. The molecule has 0 saturated heterocycles. The molecule has 0 N–H and O–H groups in total. The summed E-state index contributed by atoms with van der Waals surface area (Å²) in [6.45, 7) is 2.35. The van der Waals surface area contributed by atoms with Crippen molar-refractivity contribution >= 4 is 34.8 Å². The van der Waals surface area contributed by atoms with Crippen LogP contribution in [0.2, 0.25) is 5.02 Å². The van der Waals surface area contributed by atoms with Crippen LogP contribution >= 0.6 is 23.2 Å². The molecule has 0 unspecified atom stereocenters. The average Bonchev–Trinajstić information content (AvgIpc) is 3.07. The number of carbonyl (C=O) groups excluding carboxylic acids is 1. The maximum absolute atomic E-state index is 13.2. The first-order chi connectivity index (χ1) is 12.5. The van der Waals surface area contributed by atoms with E-state index in [-0.39, 0.29) is 5.91 Å². The minimum absolute atomic E-state index is 0.0936. The maximum atomic E-state index is 13.2. The fourth-order valence-corrected chi connectivity index (χ4v) is 3.47. The summed E-state index contributed by atoms with van der Waals surface area (Å²) in [5, 5.41) is 1.21. The molecule has 0 radical (unpaired) electrons. The number of halogens is 2. The van der Waals surface area contributed by atoms with E-state index in [1.54, 1.807) is 30.2 Å². The molecule has 26 heavy (non-hydrogen) atoms. The second-order valence-corrected chi connectivity index (χ2v) is 7.02. The van der Waals surface area contributed by atoms with Crippen molar-refractivity contribution in [2.45, 2.75) is 19.9 Å². The van der Waals surface area contributed by atoms with Crippen molar-refractivity contribution < 1.29 is 9.53 Å². The van der Waals surface area contributed by atoms with Gasteiger partial charge in [-0.25, -0.2) is 0 Å². The van der Waals surface area contributed by atoms with E-state index in [1.807, 2.05) is 43.3 Å². The summed E-state index contributed by atoms with van der Waals surface area (Å²) in [5.41, 5.74) is 3.30. The molecular weight excluding hydrogens is 369 g/mol. The van der Waals surface area contributed by atoms with Gasteiger partial charge in [0.05, 0.1) is 24.4 Å². The monoisotopic (exact) mass is 387 g/mol. The molecule has 3 rings (SSSR count). The number of rotatable bonds is 5. The number of benzene rings is 2. The molecule has 1 amide bonds. The third-order valence-corrected chi connectivity index (χ3v) is 4.87. The van der Waals surface area contributed by atoms with Crippen LogP contribution in [0, 0.1) is 6.92 Å². The third-order valence-electron chi connectivity index (χ3n) is 4.30. The minimum Gasteiger partial charge on any atom is -0.497 e. The van der Waals surface area contributed by atoms with Gasteiger partial charge in [0, 0.05) is 17.0 Å². The fourth-order valence-electron chi connectivity index (χ4n) is 2.94. The highest BCUT2D eigenvalue weighted by Crippen LogP contribution is 2.34. The highest BCUT2D eigenvalue weighted by molar-refractivity contribution is 6.34. The zero-order valence-electron chi connectivity index (χ0n) is 14.6. The third kappa shape index (κ3) is 3.95. The van der Waals surface area contributed by atoms with Gasteiger partial charge in [0.1, 0.15) is 5.75 Å². The van der Waals surface area contributed by atoms with E-state index in [0.717, 1.165) is 22.6 Å². The molecule has 3 nitrogen and oxygen atoms in total. The lowest BCUT2D eigenvalue weighted by Crippen LogP contribution is -2.32. The summed E-state index contributed by atoms with van der Waals surface area (Å²) in [4.78, 5) is 14.9. The number of methoxy groups -OCH3 is 1. The summed E-state index contributed by atoms with van der Waals surface area (Å²) in [7, 11) is 1.63. The smallest absolute Gasteiger partial charge is 0.254 e. The number of anilines is 1. The van der Waals surface area contributed by atoms with E-state index in [9.17, 15) is 4.79 Å². The number of hydrogen-bond acceptors (Lipinski definition) is 2. The molecule has 0 heterocycles. The van der Waals surface area contributed by atoms with Gasteiger partial charge in [0.25, 0.3) is 5.91 Å². The van der Waals surface area contributed by atoms with E-state index in [0.29, 0.717) is 28.6 Å². The molecule has 5 heteroatoms. The van der Waals surface area contributed by atoms with Crippen molar-refractivity contribution in [3.8, 4) is 5.75 Å². The number of allylic oxidation sites excluding steroid dienone is 3. The topological polar surface area (TPSA) is 29.5 Å². The summed E-state index contributed by atoms with van der Waals surface area (Å²) in [6, 6.07) is 13.3. The Labute approximate surface area is 163 Å². The van der Waals surface area contributed by atoms with Gasteiger partial charge < -0.3 is 9.64 Å². The van der Waals surface area contributed by atoms with Crippen LogP contribution < -0.4 is 9.64 Å². The Morgan fingerprint density at radius 3 is 2.42 bits per heavy atom. The lowest BCUT2D eigenvalue weighted by Gasteiger charge is -2.26. The van der Waals surface area contributed by atoms with Crippen LogP contribution in [0.3, 0.4) is 0 Å². The molecule has 0 aliphatic heterocycles. The number of carbonyl (C=O) groups is 1. The lowest BCUT2D eigenvalue weighted by molar-refractivity contribution is -0.115. The lowest BCUT2D eigenvalue weighted by atomic mass is 10.1. The molecule has 1 aliphatic rings. The van der Waals surface area contributed by atoms with E-state index < -0.39 is 0 Å². The van der Waals surface area contributed by atoms with E-state index in [1.165, 1.54) is 0 Å². The summed E-state index contributed by atoms with van der Waals surface area (Å²) < 4.78 is 5.21. The van der Waals surface area contributed by atoms with E-state index in [4.69, 9.17) is 27.9 Å². The Balaban J connectivity index is 1.97. The molecule has 2 aromatic carbocycles. The Morgan fingerprint density at radius 1 is 1.12 bits per heavy atom. The molecule has 0 aromatic heterocycles. The van der Waals surface area contributed by atoms with Crippen LogP contribution in [0.4, 0.5) is 5.69 Å². The Morgan fingerprint density at radius 2 is 1.85 bits per heavy atom. The molecule has 134 valence electrons. The molecular formula is C21H19Cl2NO2. The Hall–Kier alpha value is -2.23. The van der Waals surface area contributed by atoms with Crippen molar-refractivity contribution in [3.05, 3.63) is 81.4 Å². The highest BCUT2D eigenvalue weighted by Gasteiger charge is 2.25. The Kier molecular flexibility index (Phi) is 5.70. The number of hydrogen-bond donors (Lipinski definition) is 0. The van der Waals surface area contributed by atoms with Crippen molar-refractivity contribution in [1.29, 1.82) is 0 Å². The highest BCUT2D eigenvalue weighted by atomic mass is 35.5. The second-order valence-electron chi connectivity index (χ2n) is 6.13. The summed E-state index contributed by atoms with van der Waals surface area (Å²) in [6.07, 6.45) is 3.99. The van der Waals surface area contributed by atoms with Gasteiger partial charge in [-0.15, -0.1) is 0 Å². The van der Waals surface area contributed by atoms with Crippen LogP contribution in [0.25, 0.3) is 0 Å². The van der Waals surface area contributed by atoms with E-state index >= 15 is 0 Å². The minimum atomic E-state index is -0.0936. The molecule has 2 aromatic rings. The quantitative estimate of drug-likeness (QED) is 0.663. The SMILES string of the molecule is COc1ccc(CN(C(=O)C2=CC=C(Cl)C2)c2c(C)cccc2Cl)cc1. The first-order valence-corrected chi connectivity index (χ1v) is 9.00. The predicted molar refractivity (Wildman–Crippen MR) is 107 cm³/mol. The average molecular weight is 388 g/mol. The molecule has 0 fully saturated rings. The number of nitrogens with zero attached hydrogens (tertiary/aromatic N) is 1. The molecule has 0 bridgehead atoms. The normalized spacial score (nSPS) is 13.2. The van der Waals surface area contributed by atoms with Gasteiger partial charge in [0.2, 0.25) is 0 Å². The number of ether oxygens (including phenoxy) is 1. The zero-order valence-corrected chi connectivity index (χ0v) is 16.1. The van der Waals surface area contributed by atoms with Gasteiger partial charge in [-0.2, -0.15) is 0 Å². The molecule has 0 atom stereocenters. The Bertz CT molecular complexity index is 865. The number of aryl methyl sites for hydroxylation is 1.